The van der Waals surface area contributed by atoms with Crippen LogP contribution in [-0.2, 0) is 0 Å². The van der Waals surface area contributed by atoms with Gasteiger partial charge in [0.1, 0.15) is 11.2 Å². The molecule has 0 aliphatic rings. The first-order valence-corrected chi connectivity index (χ1v) is 17.2. The molecule has 51 heavy (non-hydrogen) atoms. The zero-order valence-electron chi connectivity index (χ0n) is 27.6. The Bertz CT molecular complexity index is 2830. The van der Waals surface area contributed by atoms with Crippen molar-refractivity contribution in [3.63, 3.8) is 0 Å². The summed E-state index contributed by atoms with van der Waals surface area (Å²) in [5, 5.41) is 6.92. The van der Waals surface area contributed by atoms with E-state index in [4.69, 9.17) is 14.4 Å². The van der Waals surface area contributed by atoms with Crippen LogP contribution in [0.2, 0.25) is 0 Å². The molecule has 0 fully saturated rings. The van der Waals surface area contributed by atoms with Crippen LogP contribution in [0.15, 0.2) is 186 Å². The minimum atomic E-state index is 0.627. The lowest BCUT2D eigenvalue weighted by atomic mass is 9.94. The molecule has 0 saturated carbocycles. The molecule has 0 saturated heterocycles. The Morgan fingerprint density at radius 3 is 1.55 bits per heavy atom. The average molecular weight is 651 g/mol. The second-order valence-electron chi connectivity index (χ2n) is 13.0. The van der Waals surface area contributed by atoms with E-state index in [2.05, 4.69) is 146 Å². The number of hydrogen-bond donors (Lipinski definition) is 0. The van der Waals surface area contributed by atoms with Gasteiger partial charge in [-0.25, -0.2) is 9.97 Å². The van der Waals surface area contributed by atoms with Gasteiger partial charge in [-0.15, -0.1) is 0 Å². The van der Waals surface area contributed by atoms with E-state index in [-0.39, 0.29) is 0 Å². The number of furan rings is 1. The first-order valence-electron chi connectivity index (χ1n) is 17.2. The molecule has 0 amide bonds. The van der Waals surface area contributed by atoms with Gasteiger partial charge < -0.3 is 4.42 Å². The summed E-state index contributed by atoms with van der Waals surface area (Å²) in [6.45, 7) is 0. The average Bonchev–Trinajstić information content (AvgIpc) is 3.58. The normalized spacial score (nSPS) is 11.5. The van der Waals surface area contributed by atoms with Crippen LogP contribution in [0.5, 0.6) is 0 Å². The lowest BCUT2D eigenvalue weighted by Crippen LogP contribution is -1.96. The molecule has 10 rings (SSSR count). The van der Waals surface area contributed by atoms with Crippen molar-refractivity contribution in [2.75, 3.05) is 0 Å². The monoisotopic (exact) mass is 650 g/mol. The van der Waals surface area contributed by atoms with Crippen molar-refractivity contribution in [1.29, 1.82) is 0 Å². The third-order valence-electron chi connectivity index (χ3n) is 9.87. The Balaban J connectivity index is 1.18. The predicted molar refractivity (Wildman–Crippen MR) is 212 cm³/mol. The molecule has 0 spiro atoms. The maximum absolute atomic E-state index is 6.85. The van der Waals surface area contributed by atoms with Gasteiger partial charge in [0.15, 0.2) is 5.82 Å². The molecule has 8 aromatic carbocycles. The summed E-state index contributed by atoms with van der Waals surface area (Å²) in [4.78, 5) is 10.3. The second kappa shape index (κ2) is 11.9. The summed E-state index contributed by atoms with van der Waals surface area (Å²) in [7, 11) is 0. The number of hydrogen-bond acceptors (Lipinski definition) is 3. The number of benzene rings is 8. The van der Waals surface area contributed by atoms with E-state index >= 15 is 0 Å². The van der Waals surface area contributed by atoms with E-state index in [9.17, 15) is 0 Å². The zero-order chi connectivity index (χ0) is 33.7. The number of aromatic nitrogens is 2. The topological polar surface area (TPSA) is 38.9 Å². The summed E-state index contributed by atoms with van der Waals surface area (Å²) >= 11 is 0. The fourth-order valence-electron chi connectivity index (χ4n) is 7.27. The highest BCUT2D eigenvalue weighted by atomic mass is 16.3. The van der Waals surface area contributed by atoms with E-state index in [1.807, 2.05) is 36.4 Å². The van der Waals surface area contributed by atoms with Crippen LogP contribution < -0.4 is 0 Å². The third-order valence-corrected chi connectivity index (χ3v) is 9.87. The van der Waals surface area contributed by atoms with Crippen LogP contribution in [-0.4, -0.2) is 9.97 Å². The van der Waals surface area contributed by atoms with Crippen molar-refractivity contribution in [3.8, 4) is 56.2 Å². The van der Waals surface area contributed by atoms with E-state index in [0.717, 1.165) is 66.5 Å². The molecule has 0 atom stereocenters. The molecule has 3 heteroatoms. The Hall–Kier alpha value is -6.84. The van der Waals surface area contributed by atoms with E-state index in [1.165, 1.54) is 27.3 Å². The molecule has 0 aliphatic heterocycles. The molecule has 0 bridgehead atoms. The van der Waals surface area contributed by atoms with Crippen LogP contribution in [0.25, 0.3) is 99.6 Å². The highest BCUT2D eigenvalue weighted by Gasteiger charge is 2.21. The van der Waals surface area contributed by atoms with E-state index in [1.54, 1.807) is 0 Å². The van der Waals surface area contributed by atoms with E-state index in [0.29, 0.717) is 5.82 Å². The predicted octanol–water partition coefficient (Wildman–Crippen LogP) is 13.0. The van der Waals surface area contributed by atoms with E-state index < -0.39 is 0 Å². The van der Waals surface area contributed by atoms with Crippen molar-refractivity contribution in [1.82, 2.24) is 9.97 Å². The molecular formula is C48H30N2O. The zero-order valence-corrected chi connectivity index (χ0v) is 27.6. The summed E-state index contributed by atoms with van der Waals surface area (Å²) in [6.07, 6.45) is 0. The van der Waals surface area contributed by atoms with Gasteiger partial charge in [0.25, 0.3) is 0 Å². The summed E-state index contributed by atoms with van der Waals surface area (Å²) < 4.78 is 6.85. The molecule has 238 valence electrons. The van der Waals surface area contributed by atoms with Crippen molar-refractivity contribution in [3.05, 3.63) is 182 Å². The van der Waals surface area contributed by atoms with Crippen molar-refractivity contribution >= 4 is 43.5 Å². The molecule has 0 aliphatic carbocycles. The fraction of sp³-hybridized carbons (Fsp3) is 0. The van der Waals surface area contributed by atoms with Gasteiger partial charge in [0, 0.05) is 21.9 Å². The van der Waals surface area contributed by atoms with Gasteiger partial charge in [-0.2, -0.15) is 0 Å². The molecular weight excluding hydrogens is 621 g/mol. The molecule has 2 aromatic heterocycles. The largest absolute Gasteiger partial charge is 0.455 e. The first-order chi connectivity index (χ1) is 25.2. The molecule has 0 unspecified atom stereocenters. The maximum Gasteiger partial charge on any atom is 0.164 e. The minimum absolute atomic E-state index is 0.627. The van der Waals surface area contributed by atoms with Gasteiger partial charge in [0.05, 0.1) is 17.0 Å². The van der Waals surface area contributed by atoms with Gasteiger partial charge in [-0.1, -0.05) is 152 Å². The summed E-state index contributed by atoms with van der Waals surface area (Å²) in [5.74, 6) is 0.627. The van der Waals surface area contributed by atoms with Crippen LogP contribution in [0.1, 0.15) is 0 Å². The van der Waals surface area contributed by atoms with Crippen LogP contribution in [0, 0.1) is 0 Å². The Morgan fingerprint density at radius 2 is 0.882 bits per heavy atom. The van der Waals surface area contributed by atoms with Crippen LogP contribution in [0.4, 0.5) is 0 Å². The number of nitrogens with zero attached hydrogens (tertiary/aromatic N) is 2. The van der Waals surface area contributed by atoms with Crippen LogP contribution in [0.3, 0.4) is 0 Å². The van der Waals surface area contributed by atoms with Crippen molar-refractivity contribution < 1.29 is 4.42 Å². The Labute approximate surface area is 295 Å². The standard InChI is InChI=1S/C48H30N2O/c1-3-12-34(13-4-1)43-30-44(35-14-5-2-6-15-35)50-48(49-43)41-26-25-40(46-42-28-37-17-9-10-18-38(37)29-45(42)51-47(41)46)33-22-19-32(20-23-33)39-24-21-31-11-7-8-16-36(31)27-39/h1-30H. The van der Waals surface area contributed by atoms with Crippen molar-refractivity contribution in [2.45, 2.75) is 0 Å². The second-order valence-corrected chi connectivity index (χ2v) is 13.0. The lowest BCUT2D eigenvalue weighted by Gasteiger charge is -2.12. The van der Waals surface area contributed by atoms with Crippen LogP contribution >= 0.6 is 0 Å². The smallest absolute Gasteiger partial charge is 0.164 e. The highest BCUT2D eigenvalue weighted by molar-refractivity contribution is 6.18. The molecule has 0 radical (unpaired) electrons. The highest BCUT2D eigenvalue weighted by Crippen LogP contribution is 2.43. The maximum atomic E-state index is 6.85. The van der Waals surface area contributed by atoms with Gasteiger partial charge >= 0.3 is 0 Å². The van der Waals surface area contributed by atoms with Gasteiger partial charge in [-0.3, -0.25) is 0 Å². The summed E-state index contributed by atoms with van der Waals surface area (Å²) in [6, 6.07) is 63.9. The molecule has 10 aromatic rings. The lowest BCUT2D eigenvalue weighted by molar-refractivity contribution is 0.670. The minimum Gasteiger partial charge on any atom is -0.455 e. The van der Waals surface area contributed by atoms with Crippen molar-refractivity contribution in [2.24, 2.45) is 0 Å². The van der Waals surface area contributed by atoms with Gasteiger partial charge in [-0.05, 0) is 74.1 Å². The SMILES string of the molecule is c1ccc(-c2cc(-c3ccccc3)nc(-c3ccc(-c4ccc(-c5ccc6ccccc6c5)cc4)c4c3oc3cc5ccccc5cc34)n2)cc1. The fourth-order valence-corrected chi connectivity index (χ4v) is 7.27. The number of fused-ring (bicyclic) bond motifs is 5. The molecule has 3 nitrogen and oxygen atoms in total. The Kier molecular flexibility index (Phi) is 6.81. The Morgan fingerprint density at radius 1 is 0.353 bits per heavy atom. The summed E-state index contributed by atoms with van der Waals surface area (Å²) in [5.41, 5.74) is 10.9. The number of rotatable bonds is 5. The molecule has 2 heterocycles. The first kappa shape index (κ1) is 29.1. The molecule has 0 N–H and O–H groups in total. The van der Waals surface area contributed by atoms with Gasteiger partial charge in [0.2, 0.25) is 0 Å². The quantitative estimate of drug-likeness (QED) is 0.186. The third kappa shape index (κ3) is 5.15.